The predicted molar refractivity (Wildman–Crippen MR) is 66.6 cm³/mol. The topological polar surface area (TPSA) is 3.24 Å². The highest BCUT2D eigenvalue weighted by atomic mass is 15.2. The third-order valence-corrected chi connectivity index (χ3v) is 3.61. The highest BCUT2D eigenvalue weighted by Crippen LogP contribution is 2.34. The van der Waals surface area contributed by atoms with E-state index < -0.39 is 0 Å². The first-order valence-corrected chi connectivity index (χ1v) is 6.13. The van der Waals surface area contributed by atoms with Crippen LogP contribution in [0.5, 0.6) is 0 Å². The molecule has 0 saturated carbocycles. The maximum Gasteiger partial charge on any atom is 0.0431 e. The molecule has 1 heteroatoms. The van der Waals surface area contributed by atoms with Crippen LogP contribution in [0.2, 0.25) is 0 Å². The Hall–Kier alpha value is -0.980. The van der Waals surface area contributed by atoms with Gasteiger partial charge in [0.1, 0.15) is 0 Å². The Kier molecular flexibility index (Phi) is 2.99. The molecular weight excluding hydrogens is 182 g/mol. The Morgan fingerprint density at radius 1 is 1.27 bits per heavy atom. The van der Waals surface area contributed by atoms with E-state index in [1.807, 2.05) is 0 Å². The fourth-order valence-corrected chi connectivity index (χ4v) is 2.78. The molecular formula is C14H21N. The summed E-state index contributed by atoms with van der Waals surface area (Å²) in [4.78, 5) is 2.62. The Bertz CT molecular complexity index is 339. The van der Waals surface area contributed by atoms with Crippen LogP contribution in [0.1, 0.15) is 37.8 Å². The molecule has 0 unspecified atom stereocenters. The number of benzene rings is 1. The summed E-state index contributed by atoms with van der Waals surface area (Å²) in [7, 11) is 0. The van der Waals surface area contributed by atoms with Crippen LogP contribution in [0.4, 0.5) is 5.69 Å². The summed E-state index contributed by atoms with van der Waals surface area (Å²) in [6, 6.07) is 7.43. The molecule has 15 heavy (non-hydrogen) atoms. The first kappa shape index (κ1) is 10.5. The van der Waals surface area contributed by atoms with Crippen LogP contribution in [0.15, 0.2) is 18.2 Å². The number of hydrogen-bond donors (Lipinski definition) is 0. The van der Waals surface area contributed by atoms with Crippen molar-refractivity contribution in [2.24, 2.45) is 0 Å². The molecule has 0 saturated heterocycles. The monoisotopic (exact) mass is 203 g/mol. The first-order valence-electron chi connectivity index (χ1n) is 6.13. The number of para-hydroxylation sites is 1. The minimum absolute atomic E-state index is 0.729. The van der Waals surface area contributed by atoms with E-state index in [4.69, 9.17) is 0 Å². The Balaban J connectivity index is 2.34. The van der Waals surface area contributed by atoms with Crippen molar-refractivity contribution in [2.45, 2.75) is 46.1 Å². The smallest absolute Gasteiger partial charge is 0.0431 e. The molecule has 1 aromatic carbocycles. The minimum Gasteiger partial charge on any atom is -0.368 e. The Morgan fingerprint density at radius 2 is 2.00 bits per heavy atom. The van der Waals surface area contributed by atoms with Crippen LogP contribution in [-0.2, 0) is 6.42 Å². The Labute approximate surface area is 93.1 Å². The van der Waals surface area contributed by atoms with Gasteiger partial charge in [0.25, 0.3) is 0 Å². The molecule has 1 heterocycles. The number of fused-ring (bicyclic) bond motifs is 1. The average molecular weight is 203 g/mol. The summed E-state index contributed by atoms with van der Waals surface area (Å²) in [5.41, 5.74) is 4.50. The molecule has 1 aromatic rings. The van der Waals surface area contributed by atoms with Crippen molar-refractivity contribution in [1.82, 2.24) is 0 Å². The van der Waals surface area contributed by atoms with E-state index in [9.17, 15) is 0 Å². The molecule has 0 spiro atoms. The molecule has 1 aliphatic rings. The van der Waals surface area contributed by atoms with Crippen molar-refractivity contribution in [3.05, 3.63) is 29.3 Å². The molecule has 0 radical (unpaired) electrons. The third kappa shape index (κ3) is 1.75. The second-order valence-electron chi connectivity index (χ2n) is 4.50. The van der Waals surface area contributed by atoms with Crippen LogP contribution in [-0.4, -0.2) is 12.6 Å². The van der Waals surface area contributed by atoms with Crippen LogP contribution < -0.4 is 4.90 Å². The van der Waals surface area contributed by atoms with Gasteiger partial charge in [0.2, 0.25) is 0 Å². The molecule has 0 bridgehead atoms. The highest BCUT2D eigenvalue weighted by Gasteiger charge is 2.24. The van der Waals surface area contributed by atoms with Gasteiger partial charge >= 0.3 is 0 Å². The van der Waals surface area contributed by atoms with Gasteiger partial charge in [0.05, 0.1) is 0 Å². The van der Waals surface area contributed by atoms with E-state index in [2.05, 4.69) is 43.9 Å². The maximum atomic E-state index is 2.62. The normalized spacial score (nSPS) is 14.8. The highest BCUT2D eigenvalue weighted by molar-refractivity contribution is 5.63. The third-order valence-electron chi connectivity index (χ3n) is 3.61. The van der Waals surface area contributed by atoms with Crippen LogP contribution in [0.3, 0.4) is 0 Å². The van der Waals surface area contributed by atoms with Gasteiger partial charge in [-0.1, -0.05) is 32.0 Å². The van der Waals surface area contributed by atoms with Crippen LogP contribution in [0.25, 0.3) is 0 Å². The lowest BCUT2D eigenvalue weighted by Crippen LogP contribution is -2.33. The van der Waals surface area contributed by atoms with Crippen LogP contribution in [0, 0.1) is 6.92 Å². The van der Waals surface area contributed by atoms with E-state index >= 15 is 0 Å². The predicted octanol–water partition coefficient (Wildman–Crippen LogP) is 3.55. The fourth-order valence-electron chi connectivity index (χ4n) is 2.78. The van der Waals surface area contributed by atoms with E-state index in [1.165, 1.54) is 37.1 Å². The zero-order chi connectivity index (χ0) is 10.8. The quantitative estimate of drug-likeness (QED) is 0.726. The second-order valence-corrected chi connectivity index (χ2v) is 4.50. The molecule has 0 atom stereocenters. The number of anilines is 1. The summed E-state index contributed by atoms with van der Waals surface area (Å²) in [6.45, 7) is 8.04. The van der Waals surface area contributed by atoms with Gasteiger partial charge in [-0.15, -0.1) is 0 Å². The van der Waals surface area contributed by atoms with E-state index in [-0.39, 0.29) is 0 Å². The second kappa shape index (κ2) is 4.26. The summed E-state index contributed by atoms with van der Waals surface area (Å²) >= 11 is 0. The van der Waals surface area contributed by atoms with Gasteiger partial charge in [-0.3, -0.25) is 0 Å². The molecule has 2 rings (SSSR count). The van der Waals surface area contributed by atoms with Gasteiger partial charge in [0.15, 0.2) is 0 Å². The average Bonchev–Trinajstić information content (AvgIpc) is 2.66. The molecule has 0 fully saturated rings. The largest absolute Gasteiger partial charge is 0.368 e. The standard InChI is InChI=1S/C14H21N/c1-4-13(5-2)15-10-9-12-8-6-7-11(3)14(12)15/h6-8,13H,4-5,9-10H2,1-3H3. The maximum absolute atomic E-state index is 2.62. The summed E-state index contributed by atoms with van der Waals surface area (Å²) in [6.07, 6.45) is 3.74. The van der Waals surface area contributed by atoms with Crippen molar-refractivity contribution < 1.29 is 0 Å². The summed E-state index contributed by atoms with van der Waals surface area (Å²) < 4.78 is 0. The summed E-state index contributed by atoms with van der Waals surface area (Å²) in [5, 5.41) is 0. The lowest BCUT2D eigenvalue weighted by Gasteiger charge is -2.29. The van der Waals surface area contributed by atoms with Gasteiger partial charge in [0, 0.05) is 18.3 Å². The van der Waals surface area contributed by atoms with Gasteiger partial charge in [-0.2, -0.15) is 0 Å². The van der Waals surface area contributed by atoms with E-state index in [1.54, 1.807) is 5.56 Å². The van der Waals surface area contributed by atoms with Crippen molar-refractivity contribution in [2.75, 3.05) is 11.4 Å². The minimum atomic E-state index is 0.729. The molecule has 1 nitrogen and oxygen atoms in total. The Morgan fingerprint density at radius 3 is 2.67 bits per heavy atom. The van der Waals surface area contributed by atoms with Crippen molar-refractivity contribution in [3.8, 4) is 0 Å². The van der Waals surface area contributed by atoms with Crippen molar-refractivity contribution in [3.63, 3.8) is 0 Å². The van der Waals surface area contributed by atoms with E-state index in [0.717, 1.165) is 6.04 Å². The first-order chi connectivity index (χ1) is 7.27. The fraction of sp³-hybridized carbons (Fsp3) is 0.571. The van der Waals surface area contributed by atoms with Crippen molar-refractivity contribution in [1.29, 1.82) is 0 Å². The van der Waals surface area contributed by atoms with Gasteiger partial charge in [-0.25, -0.2) is 0 Å². The number of rotatable bonds is 3. The van der Waals surface area contributed by atoms with Crippen molar-refractivity contribution >= 4 is 5.69 Å². The molecule has 0 amide bonds. The molecule has 82 valence electrons. The number of hydrogen-bond acceptors (Lipinski definition) is 1. The summed E-state index contributed by atoms with van der Waals surface area (Å²) in [5.74, 6) is 0. The van der Waals surface area contributed by atoms with Gasteiger partial charge in [-0.05, 0) is 37.3 Å². The van der Waals surface area contributed by atoms with Gasteiger partial charge < -0.3 is 4.90 Å². The molecule has 1 aliphatic heterocycles. The molecule has 0 aromatic heterocycles. The molecule has 0 N–H and O–H groups in total. The SMILES string of the molecule is CCC(CC)N1CCc2cccc(C)c21. The van der Waals surface area contributed by atoms with Crippen LogP contribution >= 0.6 is 0 Å². The lowest BCUT2D eigenvalue weighted by molar-refractivity contribution is 0.570. The lowest BCUT2D eigenvalue weighted by atomic mass is 10.1. The number of aryl methyl sites for hydroxylation is 1. The zero-order valence-corrected chi connectivity index (χ0v) is 10.1. The number of nitrogens with zero attached hydrogens (tertiary/aromatic N) is 1. The zero-order valence-electron chi connectivity index (χ0n) is 10.1. The molecule has 0 aliphatic carbocycles. The van der Waals surface area contributed by atoms with E-state index in [0.29, 0.717) is 0 Å².